The fourth-order valence-electron chi connectivity index (χ4n) is 3.11. The van der Waals surface area contributed by atoms with Crippen molar-refractivity contribution in [3.05, 3.63) is 53.7 Å². The summed E-state index contributed by atoms with van der Waals surface area (Å²) >= 11 is 0. The maximum Gasteiger partial charge on any atom is 0.213 e. The third kappa shape index (κ3) is 3.37. The summed E-state index contributed by atoms with van der Waals surface area (Å²) in [6.45, 7) is 3.66. The number of hydrogen-bond acceptors (Lipinski definition) is 3. The second-order valence-electron chi connectivity index (χ2n) is 6.11. The van der Waals surface area contributed by atoms with E-state index in [-0.39, 0.29) is 18.2 Å². The van der Waals surface area contributed by atoms with Gasteiger partial charge >= 0.3 is 0 Å². The fourth-order valence-corrected chi connectivity index (χ4v) is 3.11. The number of halogens is 1. The van der Waals surface area contributed by atoms with E-state index in [0.29, 0.717) is 17.1 Å². The molecule has 3 aromatic rings. The first-order valence-electron chi connectivity index (χ1n) is 8.13. The number of carbonyl (C=O) groups excluding carboxylic acids is 1. The fraction of sp³-hybridized carbons (Fsp3) is 0.238. The van der Waals surface area contributed by atoms with Crippen LogP contribution >= 0.6 is 0 Å². The average molecular weight is 372 g/mol. The second kappa shape index (κ2) is 7.75. The molecule has 5 heteroatoms. The lowest BCUT2D eigenvalue weighted by atomic mass is 10.0. The molecule has 0 saturated heterocycles. The zero-order valence-corrected chi connectivity index (χ0v) is 16.3. The first kappa shape index (κ1) is 19.7. The van der Waals surface area contributed by atoms with Crippen LogP contribution in [-0.2, 0) is 7.05 Å². The van der Waals surface area contributed by atoms with Crippen LogP contribution in [0.15, 0.2) is 42.5 Å². The van der Waals surface area contributed by atoms with E-state index in [9.17, 15) is 4.79 Å². The minimum absolute atomic E-state index is 0. The predicted octanol–water partition coefficient (Wildman–Crippen LogP) is 0.864. The largest absolute Gasteiger partial charge is 1.00 e. The van der Waals surface area contributed by atoms with E-state index in [4.69, 9.17) is 9.47 Å². The molecule has 136 valence electrons. The molecule has 0 fully saturated rings. The molecular formula is C21H22ClNO3. The van der Waals surface area contributed by atoms with E-state index in [1.165, 1.54) is 0 Å². The van der Waals surface area contributed by atoms with Gasteiger partial charge in [0.05, 0.1) is 19.6 Å². The van der Waals surface area contributed by atoms with Crippen LogP contribution < -0.4 is 26.4 Å². The first-order chi connectivity index (χ1) is 12.0. The van der Waals surface area contributed by atoms with Gasteiger partial charge in [-0.3, -0.25) is 4.79 Å². The van der Waals surface area contributed by atoms with Crippen molar-refractivity contribution in [1.82, 2.24) is 0 Å². The Bertz CT molecular complexity index is 983. The van der Waals surface area contributed by atoms with Crippen LogP contribution in [0.3, 0.4) is 0 Å². The minimum atomic E-state index is 0. The Labute approximate surface area is 159 Å². The normalized spacial score (nSPS) is 10.3. The summed E-state index contributed by atoms with van der Waals surface area (Å²) in [5.74, 6) is 1.48. The van der Waals surface area contributed by atoms with Gasteiger partial charge in [0.2, 0.25) is 5.69 Å². The van der Waals surface area contributed by atoms with Gasteiger partial charge < -0.3 is 21.9 Å². The van der Waals surface area contributed by atoms with Crippen LogP contribution in [0.4, 0.5) is 0 Å². The number of ketones is 1. The van der Waals surface area contributed by atoms with Gasteiger partial charge in [-0.25, -0.2) is 0 Å². The number of hydrogen-bond donors (Lipinski definition) is 0. The predicted molar refractivity (Wildman–Crippen MR) is 98.4 cm³/mol. The van der Waals surface area contributed by atoms with Crippen molar-refractivity contribution in [2.24, 2.45) is 7.05 Å². The molecule has 0 N–H and O–H groups in total. The van der Waals surface area contributed by atoms with Gasteiger partial charge in [-0.05, 0) is 36.6 Å². The van der Waals surface area contributed by atoms with Crippen molar-refractivity contribution >= 4 is 16.6 Å². The topological polar surface area (TPSA) is 39.4 Å². The number of Topliss-reactive ketones (excluding diaryl/α,β-unsaturated/α-hetero) is 1. The number of ether oxygens (including phenoxy) is 2. The summed E-state index contributed by atoms with van der Waals surface area (Å²) in [6, 6.07) is 13.8. The third-order valence-corrected chi connectivity index (χ3v) is 4.67. The number of methoxy groups -OCH3 is 2. The molecule has 0 bridgehead atoms. The van der Waals surface area contributed by atoms with E-state index in [1.807, 2.05) is 43.4 Å². The Morgan fingerprint density at radius 1 is 1.00 bits per heavy atom. The Balaban J connectivity index is 0.00000243. The van der Waals surface area contributed by atoms with Crippen LogP contribution in [0.2, 0.25) is 0 Å². The second-order valence-corrected chi connectivity index (χ2v) is 6.11. The van der Waals surface area contributed by atoms with Crippen LogP contribution in [-0.4, -0.2) is 20.0 Å². The Hall–Kier alpha value is -2.59. The van der Waals surface area contributed by atoms with Crippen molar-refractivity contribution in [1.29, 1.82) is 0 Å². The van der Waals surface area contributed by atoms with Crippen molar-refractivity contribution in [3.63, 3.8) is 0 Å². The number of rotatable bonds is 4. The first-order valence-corrected chi connectivity index (χ1v) is 8.13. The number of nitrogens with zero attached hydrogens (tertiary/aromatic N) is 1. The highest BCUT2D eigenvalue weighted by Gasteiger charge is 2.19. The number of benzene rings is 2. The zero-order chi connectivity index (χ0) is 18.1. The highest BCUT2D eigenvalue weighted by Crippen LogP contribution is 2.34. The van der Waals surface area contributed by atoms with Gasteiger partial charge in [0.1, 0.15) is 7.05 Å². The maximum absolute atomic E-state index is 11.7. The lowest BCUT2D eigenvalue weighted by Gasteiger charge is -2.12. The molecule has 0 aliphatic heterocycles. The standard InChI is InChI=1S/C21H22NO3.ClH/c1-13-18-12-21(25-5)20(24-4)11-17(18)10-19(22(13)3)16-8-6-7-15(9-16)14(2)23;/h6-12H,1-5H3;1H/q+1;/p-1. The van der Waals surface area contributed by atoms with Gasteiger partial charge in [-0.2, -0.15) is 4.57 Å². The highest BCUT2D eigenvalue weighted by molar-refractivity contribution is 5.95. The summed E-state index contributed by atoms with van der Waals surface area (Å²) in [5.41, 5.74) is 3.87. The molecule has 0 atom stereocenters. The summed E-state index contributed by atoms with van der Waals surface area (Å²) < 4.78 is 13.0. The van der Waals surface area contributed by atoms with Gasteiger partial charge in [0.25, 0.3) is 0 Å². The van der Waals surface area contributed by atoms with E-state index >= 15 is 0 Å². The van der Waals surface area contributed by atoms with Crippen LogP contribution in [0.1, 0.15) is 23.0 Å². The number of aryl methyl sites for hydroxylation is 1. The summed E-state index contributed by atoms with van der Waals surface area (Å²) in [4.78, 5) is 11.7. The van der Waals surface area contributed by atoms with Crippen LogP contribution in [0.25, 0.3) is 22.0 Å². The molecule has 0 spiro atoms. The minimum Gasteiger partial charge on any atom is -1.00 e. The quantitative estimate of drug-likeness (QED) is 0.504. The molecule has 3 rings (SSSR count). The summed E-state index contributed by atoms with van der Waals surface area (Å²) in [7, 11) is 5.30. The molecule has 1 aromatic heterocycles. The smallest absolute Gasteiger partial charge is 0.213 e. The number of aromatic nitrogens is 1. The zero-order valence-electron chi connectivity index (χ0n) is 15.6. The van der Waals surface area contributed by atoms with Crippen LogP contribution in [0, 0.1) is 6.92 Å². The lowest BCUT2D eigenvalue weighted by molar-refractivity contribution is -0.665. The molecule has 4 nitrogen and oxygen atoms in total. The van der Waals surface area contributed by atoms with Crippen molar-refractivity contribution in [3.8, 4) is 22.8 Å². The van der Waals surface area contributed by atoms with Crippen molar-refractivity contribution in [2.45, 2.75) is 13.8 Å². The Morgan fingerprint density at radius 3 is 2.27 bits per heavy atom. The van der Waals surface area contributed by atoms with Crippen molar-refractivity contribution < 1.29 is 31.2 Å². The van der Waals surface area contributed by atoms with E-state index in [2.05, 4.69) is 17.6 Å². The summed E-state index contributed by atoms with van der Waals surface area (Å²) in [5, 5.41) is 2.17. The van der Waals surface area contributed by atoms with E-state index < -0.39 is 0 Å². The molecular weight excluding hydrogens is 350 g/mol. The molecule has 0 aliphatic carbocycles. The Morgan fingerprint density at radius 2 is 1.65 bits per heavy atom. The average Bonchev–Trinajstić information content (AvgIpc) is 2.63. The monoisotopic (exact) mass is 371 g/mol. The van der Waals surface area contributed by atoms with Crippen LogP contribution in [0.5, 0.6) is 11.5 Å². The molecule has 1 heterocycles. The SMILES string of the molecule is COc1cc2cc(-c3cccc(C(C)=O)c3)[n+](C)c(C)c2cc1OC.[Cl-]. The van der Waals surface area contributed by atoms with Gasteiger partial charge in [0.15, 0.2) is 23.0 Å². The van der Waals surface area contributed by atoms with Gasteiger partial charge in [-0.1, -0.05) is 12.1 Å². The van der Waals surface area contributed by atoms with Crippen molar-refractivity contribution in [2.75, 3.05) is 14.2 Å². The summed E-state index contributed by atoms with van der Waals surface area (Å²) in [6.07, 6.45) is 0. The molecule has 2 aromatic carbocycles. The van der Waals surface area contributed by atoms with E-state index in [1.54, 1.807) is 21.1 Å². The lowest BCUT2D eigenvalue weighted by Crippen LogP contribution is -3.00. The molecule has 0 radical (unpaired) electrons. The molecule has 0 aliphatic rings. The molecule has 0 unspecified atom stereocenters. The molecule has 0 amide bonds. The third-order valence-electron chi connectivity index (χ3n) is 4.67. The van der Waals surface area contributed by atoms with E-state index in [0.717, 1.165) is 27.7 Å². The van der Waals surface area contributed by atoms with Gasteiger partial charge in [0, 0.05) is 24.1 Å². The molecule has 0 saturated carbocycles. The number of pyridine rings is 1. The number of fused-ring (bicyclic) bond motifs is 1. The maximum atomic E-state index is 11.7. The Kier molecular flexibility index (Phi) is 5.88. The molecule has 26 heavy (non-hydrogen) atoms. The van der Waals surface area contributed by atoms with Gasteiger partial charge in [-0.15, -0.1) is 0 Å². The number of carbonyl (C=O) groups is 1. The highest BCUT2D eigenvalue weighted by atomic mass is 35.5.